The minimum absolute atomic E-state index is 0.684. The molecule has 13 heavy (non-hydrogen) atoms. The van der Waals surface area contributed by atoms with Crippen LogP contribution in [0, 0.1) is 5.92 Å². The summed E-state index contributed by atoms with van der Waals surface area (Å²) in [6.07, 6.45) is 2.63. The number of unbranched alkanes of at least 4 members (excludes halogenated alkanes) is 1. The molecule has 1 nitrogen and oxygen atoms in total. The summed E-state index contributed by atoms with van der Waals surface area (Å²) in [5.41, 5.74) is 0. The van der Waals surface area contributed by atoms with Gasteiger partial charge in [-0.05, 0) is 39.7 Å². The molecule has 0 bridgehead atoms. The van der Waals surface area contributed by atoms with Crippen LogP contribution in [0.15, 0.2) is 0 Å². The monoisotopic (exact) mass is 185 g/mol. The van der Waals surface area contributed by atoms with Gasteiger partial charge in [-0.15, -0.1) is 0 Å². The first-order valence-electron chi connectivity index (χ1n) is 5.76. The molecule has 0 aromatic carbocycles. The van der Waals surface area contributed by atoms with Crippen LogP contribution in [0.1, 0.15) is 54.4 Å². The number of hydrogen-bond acceptors (Lipinski definition) is 1. The summed E-state index contributed by atoms with van der Waals surface area (Å²) < 4.78 is 0. The molecule has 0 N–H and O–H groups in total. The Morgan fingerprint density at radius 3 is 1.85 bits per heavy atom. The van der Waals surface area contributed by atoms with Crippen molar-refractivity contribution in [2.45, 2.75) is 66.5 Å². The fourth-order valence-corrected chi connectivity index (χ4v) is 1.66. The molecule has 1 unspecified atom stereocenters. The molecule has 0 rings (SSSR count). The fourth-order valence-electron chi connectivity index (χ4n) is 1.66. The van der Waals surface area contributed by atoms with E-state index in [0.717, 1.165) is 5.92 Å². The normalized spacial score (nSPS) is 14.5. The Morgan fingerprint density at radius 2 is 1.54 bits per heavy atom. The lowest BCUT2D eigenvalue weighted by atomic mass is 10.0. The quantitative estimate of drug-likeness (QED) is 0.612. The molecule has 0 aliphatic rings. The second kappa shape index (κ2) is 6.42. The van der Waals surface area contributed by atoms with E-state index in [1.54, 1.807) is 0 Å². The Morgan fingerprint density at radius 1 is 1.00 bits per heavy atom. The smallest absolute Gasteiger partial charge is 0.00926 e. The summed E-state index contributed by atoms with van der Waals surface area (Å²) in [6.45, 7) is 15.1. The number of rotatable bonds is 6. The zero-order chi connectivity index (χ0) is 10.4. The zero-order valence-corrected chi connectivity index (χ0v) is 10.3. The third-order valence-electron chi connectivity index (χ3n) is 2.92. The van der Waals surface area contributed by atoms with Crippen molar-refractivity contribution >= 4 is 0 Å². The van der Waals surface area contributed by atoms with Crippen molar-refractivity contribution in [1.82, 2.24) is 4.90 Å². The van der Waals surface area contributed by atoms with Gasteiger partial charge in [0.15, 0.2) is 0 Å². The maximum Gasteiger partial charge on any atom is 0.00926 e. The van der Waals surface area contributed by atoms with Gasteiger partial charge in [0.25, 0.3) is 0 Å². The summed E-state index contributed by atoms with van der Waals surface area (Å²) in [5.74, 6) is 0.763. The Labute approximate surface area is 84.5 Å². The van der Waals surface area contributed by atoms with Gasteiger partial charge in [-0.1, -0.05) is 27.2 Å². The second-order valence-electron chi connectivity index (χ2n) is 4.67. The van der Waals surface area contributed by atoms with E-state index in [1.807, 2.05) is 0 Å². The molecule has 0 aliphatic heterocycles. The van der Waals surface area contributed by atoms with E-state index in [9.17, 15) is 0 Å². The van der Waals surface area contributed by atoms with Gasteiger partial charge in [0.2, 0.25) is 0 Å². The van der Waals surface area contributed by atoms with Gasteiger partial charge in [-0.25, -0.2) is 0 Å². The lowest BCUT2D eigenvalue weighted by Gasteiger charge is -2.35. The van der Waals surface area contributed by atoms with Gasteiger partial charge in [0.1, 0.15) is 0 Å². The highest BCUT2D eigenvalue weighted by molar-refractivity contribution is 4.73. The first-order chi connectivity index (χ1) is 6.00. The molecule has 0 aromatic rings. The molecule has 0 saturated carbocycles. The van der Waals surface area contributed by atoms with Gasteiger partial charge >= 0.3 is 0 Å². The van der Waals surface area contributed by atoms with E-state index in [2.05, 4.69) is 46.4 Å². The van der Waals surface area contributed by atoms with Gasteiger partial charge in [0, 0.05) is 12.1 Å². The molecule has 0 aromatic heterocycles. The maximum absolute atomic E-state index is 2.62. The van der Waals surface area contributed by atoms with Crippen LogP contribution >= 0.6 is 0 Å². The zero-order valence-electron chi connectivity index (χ0n) is 10.3. The average Bonchev–Trinajstić information content (AvgIpc) is 2.04. The largest absolute Gasteiger partial charge is 0.298 e. The first kappa shape index (κ1) is 13.0. The standard InChI is InChI=1S/C12H27N/c1-7-8-9-13(11(4)5)12(6)10(2)3/h10-12H,7-9H2,1-6H3. The van der Waals surface area contributed by atoms with Crippen LogP contribution in [0.5, 0.6) is 0 Å². The van der Waals surface area contributed by atoms with Gasteiger partial charge in [-0.3, -0.25) is 4.90 Å². The van der Waals surface area contributed by atoms with Crippen LogP contribution in [0.2, 0.25) is 0 Å². The van der Waals surface area contributed by atoms with Gasteiger partial charge in [0.05, 0.1) is 0 Å². The van der Waals surface area contributed by atoms with Crippen LogP contribution in [0.4, 0.5) is 0 Å². The molecule has 0 saturated heterocycles. The molecule has 1 heteroatoms. The van der Waals surface area contributed by atoms with Crippen molar-refractivity contribution in [3.63, 3.8) is 0 Å². The molecular weight excluding hydrogens is 158 g/mol. The molecule has 1 atom stereocenters. The minimum atomic E-state index is 0.684. The Kier molecular flexibility index (Phi) is 6.40. The van der Waals surface area contributed by atoms with E-state index >= 15 is 0 Å². The first-order valence-corrected chi connectivity index (χ1v) is 5.76. The number of hydrogen-bond donors (Lipinski definition) is 0. The predicted molar refractivity (Wildman–Crippen MR) is 61.1 cm³/mol. The summed E-state index contributed by atoms with van der Waals surface area (Å²) >= 11 is 0. The van der Waals surface area contributed by atoms with Gasteiger partial charge < -0.3 is 0 Å². The third-order valence-corrected chi connectivity index (χ3v) is 2.92. The van der Waals surface area contributed by atoms with Crippen LogP contribution in [0.3, 0.4) is 0 Å². The molecule has 0 fully saturated rings. The van der Waals surface area contributed by atoms with Crippen molar-refractivity contribution in [1.29, 1.82) is 0 Å². The molecule has 0 aliphatic carbocycles. The van der Waals surface area contributed by atoms with E-state index in [-0.39, 0.29) is 0 Å². The van der Waals surface area contributed by atoms with E-state index < -0.39 is 0 Å². The molecule has 0 amide bonds. The minimum Gasteiger partial charge on any atom is -0.298 e. The molecule has 80 valence electrons. The van der Waals surface area contributed by atoms with Crippen molar-refractivity contribution in [3.8, 4) is 0 Å². The molecule has 0 heterocycles. The van der Waals surface area contributed by atoms with Crippen molar-refractivity contribution in [2.75, 3.05) is 6.54 Å². The lowest BCUT2D eigenvalue weighted by Crippen LogP contribution is -2.42. The van der Waals surface area contributed by atoms with Crippen LogP contribution in [-0.2, 0) is 0 Å². The highest BCUT2D eigenvalue weighted by Crippen LogP contribution is 2.14. The number of nitrogens with zero attached hydrogens (tertiary/aromatic N) is 1. The van der Waals surface area contributed by atoms with Crippen molar-refractivity contribution < 1.29 is 0 Å². The summed E-state index contributed by atoms with van der Waals surface area (Å²) in [5, 5.41) is 0. The van der Waals surface area contributed by atoms with E-state index in [1.165, 1.54) is 19.4 Å². The lowest BCUT2D eigenvalue weighted by molar-refractivity contribution is 0.128. The van der Waals surface area contributed by atoms with Gasteiger partial charge in [-0.2, -0.15) is 0 Å². The van der Waals surface area contributed by atoms with Crippen LogP contribution < -0.4 is 0 Å². The van der Waals surface area contributed by atoms with Crippen molar-refractivity contribution in [2.24, 2.45) is 5.92 Å². The second-order valence-corrected chi connectivity index (χ2v) is 4.67. The Balaban J connectivity index is 4.07. The third kappa shape index (κ3) is 4.66. The highest BCUT2D eigenvalue weighted by atomic mass is 15.2. The predicted octanol–water partition coefficient (Wildman–Crippen LogP) is 3.54. The summed E-state index contributed by atoms with van der Waals surface area (Å²) in [6, 6.07) is 1.40. The van der Waals surface area contributed by atoms with Crippen LogP contribution in [-0.4, -0.2) is 23.5 Å². The van der Waals surface area contributed by atoms with E-state index in [4.69, 9.17) is 0 Å². The van der Waals surface area contributed by atoms with Crippen molar-refractivity contribution in [3.05, 3.63) is 0 Å². The Hall–Kier alpha value is -0.0400. The molecule has 0 spiro atoms. The highest BCUT2D eigenvalue weighted by Gasteiger charge is 2.18. The SMILES string of the molecule is CCCCN(C(C)C)C(C)C(C)C. The maximum atomic E-state index is 2.62. The molecule has 0 radical (unpaired) electrons. The average molecular weight is 185 g/mol. The topological polar surface area (TPSA) is 3.24 Å². The Bertz CT molecular complexity index is 118. The molecular formula is C12H27N. The fraction of sp³-hybridized carbons (Fsp3) is 1.00. The summed E-state index contributed by atoms with van der Waals surface area (Å²) in [4.78, 5) is 2.62. The van der Waals surface area contributed by atoms with Crippen LogP contribution in [0.25, 0.3) is 0 Å². The van der Waals surface area contributed by atoms with E-state index in [0.29, 0.717) is 12.1 Å². The summed E-state index contributed by atoms with van der Waals surface area (Å²) in [7, 11) is 0.